The van der Waals surface area contributed by atoms with Crippen molar-refractivity contribution in [3.8, 4) is 0 Å². The zero-order chi connectivity index (χ0) is 23.0. The molecule has 1 aliphatic rings. The van der Waals surface area contributed by atoms with Crippen LogP contribution in [0.3, 0.4) is 0 Å². The molecule has 0 fully saturated rings. The summed E-state index contributed by atoms with van der Waals surface area (Å²) in [4.78, 5) is 14.6. The van der Waals surface area contributed by atoms with E-state index in [2.05, 4.69) is 62.2 Å². The van der Waals surface area contributed by atoms with Crippen LogP contribution >= 0.6 is 0 Å². The van der Waals surface area contributed by atoms with E-state index < -0.39 is 17.6 Å². The lowest BCUT2D eigenvalue weighted by Crippen LogP contribution is -2.51. The predicted molar refractivity (Wildman–Crippen MR) is 118 cm³/mol. The Morgan fingerprint density at radius 3 is 2.58 bits per heavy atom. The van der Waals surface area contributed by atoms with Gasteiger partial charge in [-0.1, -0.05) is 19.1 Å². The number of halogens is 3. The topological polar surface area (TPSA) is 44.7 Å². The second-order valence-electron chi connectivity index (χ2n) is 8.98. The van der Waals surface area contributed by atoms with Crippen molar-refractivity contribution in [3.63, 3.8) is 0 Å². The summed E-state index contributed by atoms with van der Waals surface area (Å²) in [7, 11) is 0. The number of alkyl halides is 3. The maximum absolute atomic E-state index is 12.8. The SMILES string of the molecule is CC1CC(C)(C)N(C(C)C)c2ccc(/C=N/NC(=O)c3cccc(C(F)(F)F)c3)cc21. The quantitative estimate of drug-likeness (QED) is 0.479. The third kappa shape index (κ3) is 4.92. The monoisotopic (exact) mass is 431 g/mol. The van der Waals surface area contributed by atoms with E-state index in [0.717, 1.165) is 24.1 Å². The Morgan fingerprint density at radius 1 is 1.23 bits per heavy atom. The van der Waals surface area contributed by atoms with E-state index in [0.29, 0.717) is 12.0 Å². The molecule has 2 aromatic carbocycles. The number of fused-ring (bicyclic) bond motifs is 1. The summed E-state index contributed by atoms with van der Waals surface area (Å²) < 4.78 is 38.5. The van der Waals surface area contributed by atoms with E-state index in [1.165, 1.54) is 29.6 Å². The van der Waals surface area contributed by atoms with Crippen LogP contribution in [0.25, 0.3) is 0 Å². The lowest BCUT2D eigenvalue weighted by atomic mass is 9.79. The molecule has 1 heterocycles. The molecule has 0 saturated heterocycles. The average molecular weight is 432 g/mol. The number of hydrogen-bond acceptors (Lipinski definition) is 3. The van der Waals surface area contributed by atoms with E-state index in [1.54, 1.807) is 0 Å². The molecule has 0 radical (unpaired) electrons. The van der Waals surface area contributed by atoms with Gasteiger partial charge >= 0.3 is 6.18 Å². The third-order valence-corrected chi connectivity index (χ3v) is 5.65. The molecule has 1 aliphatic heterocycles. The highest BCUT2D eigenvalue weighted by atomic mass is 19.4. The molecule has 4 nitrogen and oxygen atoms in total. The van der Waals surface area contributed by atoms with Gasteiger partial charge in [0.2, 0.25) is 0 Å². The summed E-state index contributed by atoms with van der Waals surface area (Å²) in [5.41, 5.74) is 4.63. The Balaban J connectivity index is 1.77. The Bertz CT molecular complexity index is 996. The number of carbonyl (C=O) groups excluding carboxylic acids is 1. The van der Waals surface area contributed by atoms with Crippen molar-refractivity contribution in [2.24, 2.45) is 5.10 Å². The minimum Gasteiger partial charge on any atom is -0.364 e. The van der Waals surface area contributed by atoms with Crippen LogP contribution < -0.4 is 10.3 Å². The Kier molecular flexibility index (Phi) is 6.16. The molecule has 1 atom stereocenters. The highest BCUT2D eigenvalue weighted by molar-refractivity contribution is 5.95. The molecule has 166 valence electrons. The molecule has 1 amide bonds. The summed E-state index contributed by atoms with van der Waals surface area (Å²) in [6.45, 7) is 11.1. The number of benzene rings is 2. The van der Waals surface area contributed by atoms with Crippen LogP contribution in [0.15, 0.2) is 47.6 Å². The zero-order valence-electron chi connectivity index (χ0n) is 18.4. The first-order valence-electron chi connectivity index (χ1n) is 10.3. The van der Waals surface area contributed by atoms with Gasteiger partial charge in [0.1, 0.15) is 0 Å². The third-order valence-electron chi connectivity index (χ3n) is 5.65. The summed E-state index contributed by atoms with van der Waals surface area (Å²) in [6, 6.07) is 10.7. The second kappa shape index (κ2) is 8.36. The first-order valence-corrected chi connectivity index (χ1v) is 10.3. The van der Waals surface area contributed by atoms with Gasteiger partial charge in [-0.2, -0.15) is 18.3 Å². The first-order chi connectivity index (χ1) is 14.4. The molecule has 1 N–H and O–H groups in total. The fraction of sp³-hybridized carbons (Fsp3) is 0.417. The number of amides is 1. The number of anilines is 1. The molecule has 2 aromatic rings. The van der Waals surface area contributed by atoms with Gasteiger partial charge in [-0.25, -0.2) is 5.43 Å². The van der Waals surface area contributed by atoms with Crippen molar-refractivity contribution < 1.29 is 18.0 Å². The number of hydrazone groups is 1. The van der Waals surface area contributed by atoms with Crippen molar-refractivity contribution in [2.45, 2.75) is 64.7 Å². The molecule has 1 unspecified atom stereocenters. The molecule has 3 rings (SSSR count). The van der Waals surface area contributed by atoms with Gasteiger partial charge < -0.3 is 4.90 Å². The van der Waals surface area contributed by atoms with Crippen LogP contribution in [0.4, 0.5) is 18.9 Å². The van der Waals surface area contributed by atoms with E-state index in [1.807, 2.05) is 6.07 Å². The van der Waals surface area contributed by atoms with Gasteiger partial charge in [-0.15, -0.1) is 0 Å². The van der Waals surface area contributed by atoms with Gasteiger partial charge in [0, 0.05) is 22.8 Å². The van der Waals surface area contributed by atoms with E-state index >= 15 is 0 Å². The van der Waals surface area contributed by atoms with Crippen LogP contribution in [-0.4, -0.2) is 23.7 Å². The number of rotatable bonds is 4. The largest absolute Gasteiger partial charge is 0.416 e. The maximum Gasteiger partial charge on any atom is 0.416 e. The summed E-state index contributed by atoms with van der Waals surface area (Å²) >= 11 is 0. The van der Waals surface area contributed by atoms with Crippen LogP contribution in [-0.2, 0) is 6.18 Å². The molecular formula is C24H28F3N3O. The van der Waals surface area contributed by atoms with Crippen LogP contribution in [0.5, 0.6) is 0 Å². The highest BCUT2D eigenvalue weighted by Gasteiger charge is 2.37. The molecule has 0 saturated carbocycles. The van der Waals surface area contributed by atoms with Crippen molar-refractivity contribution in [2.75, 3.05) is 4.90 Å². The minimum atomic E-state index is -4.50. The second-order valence-corrected chi connectivity index (χ2v) is 8.98. The number of carbonyl (C=O) groups is 1. The summed E-state index contributed by atoms with van der Waals surface area (Å²) in [5, 5.41) is 3.95. The Labute approximate surface area is 181 Å². The van der Waals surface area contributed by atoms with Gasteiger partial charge in [-0.3, -0.25) is 4.79 Å². The Hall–Kier alpha value is -2.83. The molecule has 0 aliphatic carbocycles. The molecule has 0 aromatic heterocycles. The lowest BCUT2D eigenvalue weighted by molar-refractivity contribution is -0.137. The maximum atomic E-state index is 12.8. The van der Waals surface area contributed by atoms with E-state index in [-0.39, 0.29) is 11.1 Å². The lowest BCUT2D eigenvalue weighted by Gasteiger charge is -2.50. The molecule has 0 bridgehead atoms. The molecule has 0 spiro atoms. The number of nitrogens with zero attached hydrogens (tertiary/aromatic N) is 2. The van der Waals surface area contributed by atoms with Crippen molar-refractivity contribution in [3.05, 3.63) is 64.7 Å². The average Bonchev–Trinajstić information content (AvgIpc) is 2.66. The highest BCUT2D eigenvalue weighted by Crippen LogP contribution is 2.44. The van der Waals surface area contributed by atoms with Gasteiger partial charge in [0.05, 0.1) is 11.8 Å². The van der Waals surface area contributed by atoms with Crippen LogP contribution in [0.1, 0.15) is 74.0 Å². The summed E-state index contributed by atoms with van der Waals surface area (Å²) in [6.07, 6.45) is -1.97. The minimum absolute atomic E-state index is 0.0507. The van der Waals surface area contributed by atoms with Crippen molar-refractivity contribution in [1.82, 2.24) is 5.43 Å². The summed E-state index contributed by atoms with van der Waals surface area (Å²) in [5.74, 6) is -0.325. The molecular weight excluding hydrogens is 403 g/mol. The first kappa shape index (κ1) is 22.8. The number of hydrogen-bond donors (Lipinski definition) is 1. The molecule has 31 heavy (non-hydrogen) atoms. The van der Waals surface area contributed by atoms with Crippen molar-refractivity contribution >= 4 is 17.8 Å². The van der Waals surface area contributed by atoms with Gasteiger partial charge in [0.25, 0.3) is 5.91 Å². The predicted octanol–water partition coefficient (Wildman–Crippen LogP) is 5.97. The smallest absolute Gasteiger partial charge is 0.364 e. The van der Waals surface area contributed by atoms with Crippen LogP contribution in [0, 0.1) is 0 Å². The Morgan fingerprint density at radius 2 is 1.94 bits per heavy atom. The zero-order valence-corrected chi connectivity index (χ0v) is 18.4. The standard InChI is InChI=1S/C24H28F3N3O/c1-15(2)30-21-10-9-17(11-20(21)16(3)13-23(30,4)5)14-28-29-22(31)18-7-6-8-19(12-18)24(25,26)27/h6-12,14-16H,13H2,1-5H3,(H,29,31)/b28-14+. The normalized spacial score (nSPS) is 18.4. The van der Waals surface area contributed by atoms with Gasteiger partial charge in [0.15, 0.2) is 0 Å². The molecule has 7 heteroatoms. The number of nitrogens with one attached hydrogen (secondary N) is 1. The fourth-order valence-corrected chi connectivity index (χ4v) is 4.59. The van der Waals surface area contributed by atoms with Crippen LogP contribution in [0.2, 0.25) is 0 Å². The van der Waals surface area contributed by atoms with Crippen molar-refractivity contribution in [1.29, 1.82) is 0 Å². The van der Waals surface area contributed by atoms with Gasteiger partial charge in [-0.05, 0) is 81.5 Å². The van der Waals surface area contributed by atoms with E-state index in [9.17, 15) is 18.0 Å². The fourth-order valence-electron chi connectivity index (χ4n) is 4.59. The van der Waals surface area contributed by atoms with E-state index in [4.69, 9.17) is 0 Å².